The van der Waals surface area contributed by atoms with Crippen molar-refractivity contribution in [1.82, 2.24) is 5.32 Å². The van der Waals surface area contributed by atoms with E-state index >= 15 is 0 Å². The minimum absolute atomic E-state index is 0. The van der Waals surface area contributed by atoms with Crippen molar-refractivity contribution in [2.75, 3.05) is 0 Å². The van der Waals surface area contributed by atoms with Gasteiger partial charge in [0.25, 0.3) is 11.8 Å². The summed E-state index contributed by atoms with van der Waals surface area (Å²) in [5, 5.41) is 2.03. The Labute approximate surface area is 50.8 Å². The van der Waals surface area contributed by atoms with Crippen LogP contribution in [-0.4, -0.2) is 22.8 Å². The van der Waals surface area contributed by atoms with E-state index in [4.69, 9.17) is 0 Å². The smallest absolute Gasteiger partial charge is 0.250 e. The molecule has 0 bridgehead atoms. The van der Waals surface area contributed by atoms with Gasteiger partial charge in [0, 0.05) is 12.2 Å². The minimum Gasteiger partial charge on any atom is -0.289 e. The van der Waals surface area contributed by atoms with E-state index < -0.39 is 0 Å². The molecule has 1 rings (SSSR count). The third-order valence-corrected chi connectivity index (χ3v) is 0.632. The molecule has 1 heterocycles. The molecule has 0 aromatic heterocycles. The largest absolute Gasteiger partial charge is 0.289 e. The molecule has 4 heteroatoms. The van der Waals surface area contributed by atoms with Crippen molar-refractivity contribution in [1.29, 1.82) is 0 Å². The molecule has 0 aromatic carbocycles. The highest BCUT2D eigenvalue weighted by atomic mass is 28.1. The lowest BCUT2D eigenvalue weighted by Gasteiger charge is -1.80. The van der Waals surface area contributed by atoms with Crippen LogP contribution < -0.4 is 5.32 Å². The number of carbonyl (C=O) groups is 2. The topological polar surface area (TPSA) is 46.2 Å². The van der Waals surface area contributed by atoms with Crippen molar-refractivity contribution in [3.05, 3.63) is 12.2 Å². The van der Waals surface area contributed by atoms with Gasteiger partial charge in [0.15, 0.2) is 0 Å². The molecule has 1 aliphatic rings. The normalized spacial score (nSPS) is 15.5. The Bertz CT molecular complexity index is 136. The quantitative estimate of drug-likeness (QED) is 0.296. The second-order valence-electron chi connectivity index (χ2n) is 1.19. The predicted molar refractivity (Wildman–Crippen MR) is 33.6 cm³/mol. The van der Waals surface area contributed by atoms with Crippen molar-refractivity contribution < 1.29 is 9.59 Å². The zero-order chi connectivity index (χ0) is 5.28. The molecule has 0 aliphatic carbocycles. The van der Waals surface area contributed by atoms with Crippen LogP contribution in [0.5, 0.6) is 0 Å². The Balaban J connectivity index is 0.000000490. The number of amides is 2. The lowest BCUT2D eigenvalue weighted by atomic mass is 10.6. The summed E-state index contributed by atoms with van der Waals surface area (Å²) in [6.07, 6.45) is 2.39. The number of hydrogen-bond acceptors (Lipinski definition) is 2. The van der Waals surface area contributed by atoms with Crippen LogP contribution in [0.25, 0.3) is 0 Å². The maximum Gasteiger partial charge on any atom is 0.250 e. The molecule has 0 spiro atoms. The van der Waals surface area contributed by atoms with E-state index in [0.717, 1.165) is 0 Å². The second-order valence-corrected chi connectivity index (χ2v) is 1.19. The maximum atomic E-state index is 10.0. The first-order valence-electron chi connectivity index (χ1n) is 1.82. The Morgan fingerprint density at radius 2 is 1.50 bits per heavy atom. The van der Waals surface area contributed by atoms with Crippen molar-refractivity contribution in [3.8, 4) is 0 Å². The zero-order valence-electron chi connectivity index (χ0n) is 3.47. The molecule has 3 nitrogen and oxygen atoms in total. The van der Waals surface area contributed by atoms with E-state index in [9.17, 15) is 9.59 Å². The van der Waals surface area contributed by atoms with E-state index in [1.165, 1.54) is 12.2 Å². The molecule has 1 N–H and O–H groups in total. The molecule has 44 valence electrons. The van der Waals surface area contributed by atoms with Gasteiger partial charge in [-0.1, -0.05) is 0 Å². The Morgan fingerprint density at radius 3 is 1.62 bits per heavy atom. The van der Waals surface area contributed by atoms with E-state index in [2.05, 4.69) is 0 Å². The number of hydrogen-bond donors (Lipinski definition) is 1. The molecule has 0 atom stereocenters. The SMILES string of the molecule is O=C1C=CC(=O)N1.[SiH4]. The van der Waals surface area contributed by atoms with Gasteiger partial charge in [0.1, 0.15) is 0 Å². The fourth-order valence-electron chi connectivity index (χ4n) is 0.356. The average Bonchev–Trinajstić information content (AvgIpc) is 1.87. The van der Waals surface area contributed by atoms with Gasteiger partial charge in [-0.15, -0.1) is 0 Å². The lowest BCUT2D eigenvalue weighted by molar-refractivity contribution is -0.123. The maximum absolute atomic E-state index is 10.0. The molecule has 0 saturated carbocycles. The first-order chi connectivity index (χ1) is 3.29. The molecule has 2 amide bonds. The first-order valence-corrected chi connectivity index (χ1v) is 1.82. The van der Waals surface area contributed by atoms with Gasteiger partial charge in [-0.05, 0) is 11.0 Å². The van der Waals surface area contributed by atoms with Gasteiger partial charge in [-0.2, -0.15) is 0 Å². The Kier molecular flexibility index (Phi) is 2.14. The van der Waals surface area contributed by atoms with Crippen LogP contribution >= 0.6 is 0 Å². The van der Waals surface area contributed by atoms with Gasteiger partial charge in [0.2, 0.25) is 0 Å². The molecular weight excluding hydrogens is 122 g/mol. The van der Waals surface area contributed by atoms with Crippen molar-refractivity contribution in [2.45, 2.75) is 0 Å². The van der Waals surface area contributed by atoms with E-state index in [-0.39, 0.29) is 22.8 Å². The summed E-state index contributed by atoms with van der Waals surface area (Å²) in [5.74, 6) is -0.657. The van der Waals surface area contributed by atoms with Crippen LogP contribution in [0.3, 0.4) is 0 Å². The fraction of sp³-hybridized carbons (Fsp3) is 0. The van der Waals surface area contributed by atoms with Crippen molar-refractivity contribution in [2.24, 2.45) is 0 Å². The van der Waals surface area contributed by atoms with Gasteiger partial charge in [0.05, 0.1) is 0 Å². The summed E-state index contributed by atoms with van der Waals surface area (Å²) in [7, 11) is 0. The van der Waals surface area contributed by atoms with Gasteiger partial charge >= 0.3 is 0 Å². The summed E-state index contributed by atoms with van der Waals surface area (Å²) in [6, 6.07) is 0. The molecule has 0 unspecified atom stereocenters. The zero-order valence-corrected chi connectivity index (χ0v) is 3.47. The minimum atomic E-state index is -0.329. The average molecular weight is 129 g/mol. The van der Waals surface area contributed by atoms with Crippen LogP contribution in [-0.2, 0) is 9.59 Å². The van der Waals surface area contributed by atoms with E-state index in [1.807, 2.05) is 5.32 Å². The van der Waals surface area contributed by atoms with Crippen molar-refractivity contribution >= 4 is 22.8 Å². The van der Waals surface area contributed by atoms with Gasteiger partial charge in [-0.3, -0.25) is 14.9 Å². The molecule has 1 aliphatic heterocycles. The summed E-state index contributed by atoms with van der Waals surface area (Å²) < 4.78 is 0. The highest BCUT2D eigenvalue weighted by molar-refractivity contribution is 6.12. The lowest BCUT2D eigenvalue weighted by Crippen LogP contribution is -2.19. The standard InChI is InChI=1S/C4H3NO2.H4Si/c6-3-1-2-4(7)5-3;/h1-2H,(H,5,6,7);1H4. The summed E-state index contributed by atoms with van der Waals surface area (Å²) in [5.41, 5.74) is 0. The van der Waals surface area contributed by atoms with E-state index in [1.54, 1.807) is 0 Å². The van der Waals surface area contributed by atoms with E-state index in [0.29, 0.717) is 0 Å². The molecule has 0 fully saturated rings. The number of imide groups is 1. The van der Waals surface area contributed by atoms with Crippen LogP contribution in [0.1, 0.15) is 0 Å². The molecule has 0 saturated heterocycles. The van der Waals surface area contributed by atoms with Crippen LogP contribution in [0, 0.1) is 0 Å². The van der Waals surface area contributed by atoms with Gasteiger partial charge < -0.3 is 0 Å². The van der Waals surface area contributed by atoms with Crippen LogP contribution in [0.15, 0.2) is 12.2 Å². The Morgan fingerprint density at radius 1 is 1.12 bits per heavy atom. The summed E-state index contributed by atoms with van der Waals surface area (Å²) in [6.45, 7) is 0. The highest BCUT2D eigenvalue weighted by Crippen LogP contribution is 1.82. The highest BCUT2D eigenvalue weighted by Gasteiger charge is 2.06. The van der Waals surface area contributed by atoms with Crippen LogP contribution in [0.4, 0.5) is 0 Å². The third-order valence-electron chi connectivity index (χ3n) is 0.632. The third kappa shape index (κ3) is 1.30. The number of carbonyl (C=O) groups excluding carboxylic acids is 2. The molecular formula is C4H7NO2Si. The van der Waals surface area contributed by atoms with Crippen molar-refractivity contribution in [3.63, 3.8) is 0 Å². The fourth-order valence-corrected chi connectivity index (χ4v) is 0.356. The Hall–Kier alpha value is -0.903. The van der Waals surface area contributed by atoms with Crippen LogP contribution in [0.2, 0.25) is 0 Å². The molecule has 0 aromatic rings. The summed E-state index contributed by atoms with van der Waals surface area (Å²) in [4.78, 5) is 20.1. The summed E-state index contributed by atoms with van der Waals surface area (Å²) >= 11 is 0. The monoisotopic (exact) mass is 129 g/mol. The number of rotatable bonds is 0. The second kappa shape index (κ2) is 2.42. The first kappa shape index (κ1) is 7.10. The van der Waals surface area contributed by atoms with Gasteiger partial charge in [-0.25, -0.2) is 0 Å². The number of nitrogens with one attached hydrogen (secondary N) is 1. The molecule has 0 radical (unpaired) electrons. The predicted octanol–water partition coefficient (Wildman–Crippen LogP) is -2.25. The molecule has 8 heavy (non-hydrogen) atoms.